The zero-order valence-electron chi connectivity index (χ0n) is 33.5. The van der Waals surface area contributed by atoms with Crippen LogP contribution >= 0.6 is 0 Å². The third-order valence-electron chi connectivity index (χ3n) is 14.4. The van der Waals surface area contributed by atoms with Gasteiger partial charge in [0.2, 0.25) is 0 Å². The van der Waals surface area contributed by atoms with Gasteiger partial charge in [0.15, 0.2) is 0 Å². The summed E-state index contributed by atoms with van der Waals surface area (Å²) in [7, 11) is 0. The van der Waals surface area contributed by atoms with Crippen LogP contribution in [0.1, 0.15) is 69.6 Å². The van der Waals surface area contributed by atoms with E-state index in [1.54, 1.807) is 11.1 Å². The molecule has 0 aliphatic heterocycles. The van der Waals surface area contributed by atoms with E-state index in [1.807, 2.05) is 0 Å². The van der Waals surface area contributed by atoms with Crippen molar-refractivity contribution in [1.29, 1.82) is 0 Å². The third kappa shape index (κ3) is 5.65. The fourth-order valence-electron chi connectivity index (χ4n) is 12.0. The first-order valence-electron chi connectivity index (χ1n) is 21.3. The van der Waals surface area contributed by atoms with Gasteiger partial charge < -0.3 is 4.90 Å². The van der Waals surface area contributed by atoms with Gasteiger partial charge in [-0.05, 0) is 171 Å². The van der Waals surface area contributed by atoms with Crippen LogP contribution in [0.15, 0.2) is 170 Å². The SMILES string of the molecule is CC(C)(C)c1ccc(N(c2ccc(-c3ccccc3)cc2)c2cccc(-c3cccc(-c4ccc5c(c4)-c4ccccc4C54C5CC6CC(C5)CC4C6)c3)c2)cc1. The van der Waals surface area contributed by atoms with Crippen LogP contribution in [0.5, 0.6) is 0 Å². The monoisotopic (exact) mass is 737 g/mol. The molecule has 1 heteroatoms. The van der Waals surface area contributed by atoms with E-state index in [9.17, 15) is 0 Å². The van der Waals surface area contributed by atoms with Gasteiger partial charge in [0.05, 0.1) is 0 Å². The predicted molar refractivity (Wildman–Crippen MR) is 239 cm³/mol. The topological polar surface area (TPSA) is 3.24 Å². The van der Waals surface area contributed by atoms with E-state index < -0.39 is 0 Å². The molecule has 0 N–H and O–H groups in total. The van der Waals surface area contributed by atoms with E-state index in [1.165, 1.54) is 82.2 Å². The molecule has 4 bridgehead atoms. The summed E-state index contributed by atoms with van der Waals surface area (Å²) in [6.45, 7) is 6.84. The number of hydrogen-bond donors (Lipinski definition) is 0. The molecule has 4 fully saturated rings. The van der Waals surface area contributed by atoms with E-state index in [-0.39, 0.29) is 10.8 Å². The van der Waals surface area contributed by atoms with Crippen LogP contribution < -0.4 is 4.90 Å². The number of nitrogens with zero attached hydrogens (tertiary/aromatic N) is 1. The quantitative estimate of drug-likeness (QED) is 0.164. The van der Waals surface area contributed by atoms with Crippen molar-refractivity contribution >= 4 is 17.1 Å². The van der Waals surface area contributed by atoms with E-state index in [0.29, 0.717) is 0 Å². The molecule has 0 heterocycles. The molecule has 1 spiro atoms. The standard InChI is InChI=1S/C56H51N/c1-55(2,3)45-22-26-49(27-23-45)57(48-24-19-40(20-25-48)39-11-5-4-6-12-39)50-16-10-15-43(35-50)41-13-9-14-42(34-41)44-21-28-54-52(36-44)51-17-7-8-18-53(51)56(54)46-30-37-29-38(32-46)33-47(56)31-37/h4-28,34-38,46-47H,29-33H2,1-3H3. The molecule has 0 aromatic heterocycles. The molecule has 5 aliphatic carbocycles. The van der Waals surface area contributed by atoms with Crippen LogP contribution in [0.4, 0.5) is 17.1 Å². The average Bonchev–Trinajstić information content (AvgIpc) is 3.53. The van der Waals surface area contributed by atoms with Crippen molar-refractivity contribution in [2.24, 2.45) is 23.7 Å². The van der Waals surface area contributed by atoms with Crippen molar-refractivity contribution in [1.82, 2.24) is 0 Å². The van der Waals surface area contributed by atoms with Gasteiger partial charge in [-0.2, -0.15) is 0 Å². The molecule has 4 saturated carbocycles. The summed E-state index contributed by atoms with van der Waals surface area (Å²) < 4.78 is 0. The second-order valence-corrected chi connectivity index (χ2v) is 18.7. The molecule has 0 atom stereocenters. The van der Waals surface area contributed by atoms with E-state index in [4.69, 9.17) is 0 Å². The smallest absolute Gasteiger partial charge is 0.0467 e. The minimum Gasteiger partial charge on any atom is -0.310 e. The van der Waals surface area contributed by atoms with Crippen molar-refractivity contribution in [3.8, 4) is 44.5 Å². The second kappa shape index (κ2) is 13.2. The van der Waals surface area contributed by atoms with Gasteiger partial charge in [0, 0.05) is 22.5 Å². The molecule has 0 saturated heterocycles. The van der Waals surface area contributed by atoms with Gasteiger partial charge in [0.1, 0.15) is 0 Å². The Morgan fingerprint density at radius 3 is 1.58 bits per heavy atom. The summed E-state index contributed by atoms with van der Waals surface area (Å²) in [5.74, 6) is 3.48. The molecular weight excluding hydrogens is 687 g/mol. The molecule has 7 aromatic carbocycles. The lowest BCUT2D eigenvalue weighted by Crippen LogP contribution is -2.55. The summed E-state index contributed by atoms with van der Waals surface area (Å²) in [5.41, 5.74) is 18.7. The third-order valence-corrected chi connectivity index (χ3v) is 14.4. The Labute approximate surface area is 339 Å². The minimum atomic E-state index is 0.0877. The van der Waals surface area contributed by atoms with E-state index >= 15 is 0 Å². The van der Waals surface area contributed by atoms with Crippen LogP contribution in [-0.4, -0.2) is 0 Å². The van der Waals surface area contributed by atoms with Crippen molar-refractivity contribution < 1.29 is 0 Å². The molecule has 57 heavy (non-hydrogen) atoms. The summed E-state index contributed by atoms with van der Waals surface area (Å²) in [4.78, 5) is 2.40. The van der Waals surface area contributed by atoms with Crippen molar-refractivity contribution in [3.63, 3.8) is 0 Å². The lowest BCUT2D eigenvalue weighted by Gasteiger charge is -2.61. The highest BCUT2D eigenvalue weighted by Crippen LogP contribution is 2.69. The van der Waals surface area contributed by atoms with Gasteiger partial charge in [0.25, 0.3) is 0 Å². The lowest BCUT2D eigenvalue weighted by atomic mass is 9.43. The Hall–Kier alpha value is -5.66. The van der Waals surface area contributed by atoms with Crippen LogP contribution in [0, 0.1) is 23.7 Å². The maximum Gasteiger partial charge on any atom is 0.0467 e. The number of fused-ring (bicyclic) bond motifs is 3. The highest BCUT2D eigenvalue weighted by Gasteiger charge is 2.61. The van der Waals surface area contributed by atoms with Crippen LogP contribution in [0.2, 0.25) is 0 Å². The number of anilines is 3. The maximum atomic E-state index is 2.55. The summed E-state index contributed by atoms with van der Waals surface area (Å²) in [6, 6.07) is 64.0. The summed E-state index contributed by atoms with van der Waals surface area (Å²) in [5, 5.41) is 0. The molecule has 0 unspecified atom stereocenters. The highest BCUT2D eigenvalue weighted by atomic mass is 15.1. The Balaban J connectivity index is 0.961. The molecule has 12 rings (SSSR count). The fourth-order valence-corrected chi connectivity index (χ4v) is 12.0. The zero-order valence-corrected chi connectivity index (χ0v) is 33.5. The van der Waals surface area contributed by atoms with Crippen LogP contribution in [0.3, 0.4) is 0 Å². The first-order chi connectivity index (χ1) is 27.8. The molecule has 0 amide bonds. The van der Waals surface area contributed by atoms with Crippen LogP contribution in [-0.2, 0) is 10.8 Å². The largest absolute Gasteiger partial charge is 0.310 e. The number of hydrogen-bond acceptors (Lipinski definition) is 1. The molecular formula is C56H51N. The van der Waals surface area contributed by atoms with Crippen LogP contribution in [0.25, 0.3) is 44.5 Å². The first-order valence-corrected chi connectivity index (χ1v) is 21.3. The Kier molecular flexibility index (Phi) is 8.01. The van der Waals surface area contributed by atoms with Crippen molar-refractivity contribution in [2.45, 2.75) is 63.7 Å². The average molecular weight is 738 g/mol. The zero-order chi connectivity index (χ0) is 38.3. The van der Waals surface area contributed by atoms with Gasteiger partial charge in [-0.15, -0.1) is 0 Å². The maximum absolute atomic E-state index is 2.55. The molecule has 1 nitrogen and oxygen atoms in total. The first kappa shape index (κ1) is 34.6. The molecule has 5 aliphatic rings. The normalized spacial score (nSPS) is 22.7. The minimum absolute atomic E-state index is 0.0877. The van der Waals surface area contributed by atoms with Crippen molar-refractivity contribution in [2.75, 3.05) is 4.90 Å². The lowest BCUT2D eigenvalue weighted by molar-refractivity contribution is -0.0399. The van der Waals surface area contributed by atoms with E-state index in [2.05, 4.69) is 196 Å². The highest BCUT2D eigenvalue weighted by molar-refractivity contribution is 5.87. The van der Waals surface area contributed by atoms with Crippen molar-refractivity contribution in [3.05, 3.63) is 187 Å². The number of benzene rings is 7. The van der Waals surface area contributed by atoms with Gasteiger partial charge in [-0.25, -0.2) is 0 Å². The molecule has 0 radical (unpaired) electrons. The molecule has 280 valence electrons. The van der Waals surface area contributed by atoms with Gasteiger partial charge >= 0.3 is 0 Å². The fraction of sp³-hybridized carbons (Fsp3) is 0.250. The summed E-state index contributed by atoms with van der Waals surface area (Å²) >= 11 is 0. The molecule has 7 aromatic rings. The van der Waals surface area contributed by atoms with Gasteiger partial charge in [-0.3, -0.25) is 0 Å². The second-order valence-electron chi connectivity index (χ2n) is 18.7. The van der Waals surface area contributed by atoms with E-state index in [0.717, 1.165) is 40.7 Å². The van der Waals surface area contributed by atoms with Gasteiger partial charge in [-0.1, -0.05) is 142 Å². The Morgan fingerprint density at radius 2 is 0.912 bits per heavy atom. The summed E-state index contributed by atoms with van der Waals surface area (Å²) in [6.07, 6.45) is 7.16. The predicted octanol–water partition coefficient (Wildman–Crippen LogP) is 15.2. The Bertz CT molecular complexity index is 2580. The Morgan fingerprint density at radius 1 is 0.404 bits per heavy atom. The number of rotatable bonds is 6.